The molecule has 3 aliphatic rings. The normalized spacial score (nSPS) is 41.7. The van der Waals surface area contributed by atoms with Crippen LogP contribution in [0.5, 0.6) is 0 Å². The van der Waals surface area contributed by atoms with E-state index >= 15 is 0 Å². The Kier molecular flexibility index (Phi) is 2.75. The van der Waals surface area contributed by atoms with Crippen molar-refractivity contribution in [3.63, 3.8) is 0 Å². The summed E-state index contributed by atoms with van der Waals surface area (Å²) >= 11 is 0. The van der Waals surface area contributed by atoms with E-state index in [-0.39, 0.29) is 29.6 Å². The Morgan fingerprint density at radius 2 is 2.21 bits per heavy atom. The Hall–Kier alpha value is -0.970. The summed E-state index contributed by atoms with van der Waals surface area (Å²) in [6.45, 7) is 6.30. The summed E-state index contributed by atoms with van der Waals surface area (Å²) in [6.07, 6.45) is 5.28. The highest BCUT2D eigenvalue weighted by molar-refractivity contribution is 6.06. The van der Waals surface area contributed by atoms with E-state index in [9.17, 15) is 9.90 Å². The topological polar surface area (TPSA) is 55.8 Å². The Morgan fingerprint density at radius 3 is 2.89 bits per heavy atom. The molecule has 4 nitrogen and oxygen atoms in total. The largest absolute Gasteiger partial charge is 0.360 e. The van der Waals surface area contributed by atoms with Gasteiger partial charge in [0.05, 0.1) is 0 Å². The van der Waals surface area contributed by atoms with Crippen molar-refractivity contribution in [3.05, 3.63) is 23.3 Å². The van der Waals surface area contributed by atoms with Crippen LogP contribution < -0.4 is 0 Å². The maximum absolute atomic E-state index is 12.0. The van der Waals surface area contributed by atoms with Gasteiger partial charge in [-0.2, -0.15) is 4.89 Å². The van der Waals surface area contributed by atoms with Gasteiger partial charge in [-0.15, -0.1) is 0 Å². The van der Waals surface area contributed by atoms with Crippen molar-refractivity contribution in [3.8, 4) is 0 Å². The molecule has 104 valence electrons. The first-order chi connectivity index (χ1) is 8.88. The number of allylic oxidation sites excluding steroid dienone is 2. The standard InChI is InChI=1S/C15H20O4/c1-9(2)11-4-6-14(3)7-5-12(16)10-8-18-19-15(11,17)13(10)14/h5,7,9,11,17H,4,6,8H2,1-3H3/t11-,14-,15-/m0/s1. The van der Waals surface area contributed by atoms with Gasteiger partial charge < -0.3 is 5.11 Å². The molecule has 0 aromatic carbocycles. The Morgan fingerprint density at radius 1 is 1.47 bits per heavy atom. The Balaban J connectivity index is 2.18. The molecule has 3 atom stereocenters. The number of aliphatic hydroxyl groups is 1. The van der Waals surface area contributed by atoms with Gasteiger partial charge in [-0.3, -0.25) is 4.79 Å². The summed E-state index contributed by atoms with van der Waals surface area (Å²) in [7, 11) is 0. The molecule has 1 aliphatic heterocycles. The molecule has 0 saturated heterocycles. The molecular weight excluding hydrogens is 244 g/mol. The lowest BCUT2D eigenvalue weighted by molar-refractivity contribution is -0.434. The second kappa shape index (κ2) is 4.01. The summed E-state index contributed by atoms with van der Waals surface area (Å²) in [6, 6.07) is 0. The number of carbonyl (C=O) groups excluding carboxylic acids is 1. The molecule has 0 bridgehead atoms. The highest BCUT2D eigenvalue weighted by Gasteiger charge is 2.58. The average Bonchev–Trinajstić information content (AvgIpc) is 2.33. The van der Waals surface area contributed by atoms with Crippen LogP contribution in [0.2, 0.25) is 0 Å². The molecule has 19 heavy (non-hydrogen) atoms. The lowest BCUT2D eigenvalue weighted by atomic mass is 9.59. The van der Waals surface area contributed by atoms with Gasteiger partial charge in [0.25, 0.3) is 0 Å². The minimum atomic E-state index is -1.46. The molecule has 3 rings (SSSR count). The van der Waals surface area contributed by atoms with E-state index in [1.165, 1.54) is 0 Å². The molecule has 4 heteroatoms. The van der Waals surface area contributed by atoms with Crippen molar-refractivity contribution in [1.82, 2.24) is 0 Å². The zero-order valence-electron chi connectivity index (χ0n) is 11.6. The van der Waals surface area contributed by atoms with Crippen LogP contribution >= 0.6 is 0 Å². The van der Waals surface area contributed by atoms with Gasteiger partial charge in [0.2, 0.25) is 5.79 Å². The minimum Gasteiger partial charge on any atom is -0.360 e. The van der Waals surface area contributed by atoms with Crippen molar-refractivity contribution < 1.29 is 19.7 Å². The lowest BCUT2D eigenvalue weighted by Gasteiger charge is -2.52. The van der Waals surface area contributed by atoms with Gasteiger partial charge >= 0.3 is 0 Å². The highest BCUT2D eigenvalue weighted by atomic mass is 17.2. The summed E-state index contributed by atoms with van der Waals surface area (Å²) in [4.78, 5) is 22.4. The SMILES string of the molecule is CC(C)[C@@H]1CC[C@@]2(C)C=CC(=O)C3=C2[C@@]1(O)OOC3. The first-order valence-electron chi connectivity index (χ1n) is 6.89. The van der Waals surface area contributed by atoms with Crippen LogP contribution in [0.4, 0.5) is 0 Å². The lowest BCUT2D eigenvalue weighted by Crippen LogP contribution is -2.56. The zero-order chi connectivity index (χ0) is 13.8. The van der Waals surface area contributed by atoms with E-state index < -0.39 is 5.79 Å². The smallest absolute Gasteiger partial charge is 0.226 e. The second-order valence-corrected chi connectivity index (χ2v) is 6.40. The third-order valence-corrected chi connectivity index (χ3v) is 4.80. The summed E-state index contributed by atoms with van der Waals surface area (Å²) in [5.41, 5.74) is 1.00. The molecule has 0 aromatic rings. The fourth-order valence-corrected chi connectivity index (χ4v) is 3.79. The zero-order valence-corrected chi connectivity index (χ0v) is 11.6. The van der Waals surface area contributed by atoms with Crippen LogP contribution in [-0.2, 0) is 14.6 Å². The van der Waals surface area contributed by atoms with E-state index in [2.05, 4.69) is 20.8 Å². The quantitative estimate of drug-likeness (QED) is 0.737. The summed E-state index contributed by atoms with van der Waals surface area (Å²) < 4.78 is 0. The van der Waals surface area contributed by atoms with Crippen molar-refractivity contribution in [1.29, 1.82) is 0 Å². The van der Waals surface area contributed by atoms with Gasteiger partial charge in [-0.25, -0.2) is 4.89 Å². The minimum absolute atomic E-state index is 0.0508. The summed E-state index contributed by atoms with van der Waals surface area (Å²) in [5, 5.41) is 11.0. The first-order valence-corrected chi connectivity index (χ1v) is 6.89. The molecule has 0 amide bonds. The van der Waals surface area contributed by atoms with Crippen molar-refractivity contribution in [2.45, 2.75) is 39.4 Å². The van der Waals surface area contributed by atoms with Gasteiger partial charge in [-0.1, -0.05) is 26.8 Å². The number of hydrogen-bond acceptors (Lipinski definition) is 4. The molecule has 1 N–H and O–H groups in total. The van der Waals surface area contributed by atoms with Gasteiger partial charge in [-0.05, 0) is 24.8 Å². The van der Waals surface area contributed by atoms with Crippen LogP contribution in [0, 0.1) is 17.3 Å². The second-order valence-electron chi connectivity index (χ2n) is 6.40. The molecule has 1 saturated carbocycles. The Labute approximate surface area is 113 Å². The maximum Gasteiger partial charge on any atom is 0.226 e. The van der Waals surface area contributed by atoms with Crippen LogP contribution in [-0.4, -0.2) is 23.3 Å². The van der Waals surface area contributed by atoms with Crippen LogP contribution in [0.15, 0.2) is 23.3 Å². The third kappa shape index (κ3) is 1.67. The van der Waals surface area contributed by atoms with Gasteiger partial charge in [0, 0.05) is 22.5 Å². The third-order valence-electron chi connectivity index (χ3n) is 4.80. The molecule has 0 aromatic heterocycles. The molecule has 0 unspecified atom stereocenters. The fourth-order valence-electron chi connectivity index (χ4n) is 3.79. The van der Waals surface area contributed by atoms with Crippen LogP contribution in [0.25, 0.3) is 0 Å². The van der Waals surface area contributed by atoms with E-state index in [1.807, 2.05) is 6.08 Å². The molecule has 0 radical (unpaired) electrons. The predicted octanol–water partition coefficient (Wildman–Crippen LogP) is 2.14. The van der Waals surface area contributed by atoms with Crippen LogP contribution in [0.1, 0.15) is 33.6 Å². The van der Waals surface area contributed by atoms with Gasteiger partial charge in [0.15, 0.2) is 5.78 Å². The molecule has 0 spiro atoms. The number of rotatable bonds is 1. The first kappa shape index (κ1) is 13.0. The van der Waals surface area contributed by atoms with Crippen molar-refractivity contribution in [2.24, 2.45) is 17.3 Å². The fraction of sp³-hybridized carbons (Fsp3) is 0.667. The van der Waals surface area contributed by atoms with E-state index in [1.54, 1.807) is 6.08 Å². The Bertz CT molecular complexity index is 490. The summed E-state index contributed by atoms with van der Waals surface area (Å²) in [5.74, 6) is -1.33. The number of ketones is 1. The van der Waals surface area contributed by atoms with Crippen molar-refractivity contribution in [2.75, 3.05) is 6.61 Å². The maximum atomic E-state index is 12.0. The molecule has 2 aliphatic carbocycles. The van der Waals surface area contributed by atoms with E-state index in [0.717, 1.165) is 18.4 Å². The monoisotopic (exact) mass is 264 g/mol. The molecular formula is C15H20O4. The molecule has 1 heterocycles. The van der Waals surface area contributed by atoms with E-state index in [4.69, 9.17) is 9.78 Å². The number of hydrogen-bond donors (Lipinski definition) is 1. The van der Waals surface area contributed by atoms with Gasteiger partial charge in [0.1, 0.15) is 6.61 Å². The highest BCUT2D eigenvalue weighted by Crippen LogP contribution is 2.56. The van der Waals surface area contributed by atoms with Crippen molar-refractivity contribution >= 4 is 5.78 Å². The number of carbonyl (C=O) groups is 1. The van der Waals surface area contributed by atoms with E-state index in [0.29, 0.717) is 5.57 Å². The average molecular weight is 264 g/mol. The molecule has 1 fully saturated rings. The predicted molar refractivity (Wildman–Crippen MR) is 68.8 cm³/mol. The van der Waals surface area contributed by atoms with Crippen LogP contribution in [0.3, 0.4) is 0 Å².